The fourth-order valence-electron chi connectivity index (χ4n) is 1.62. The number of hydrogen-bond donors (Lipinski definition) is 0. The Kier molecular flexibility index (Phi) is 2.43. The number of ether oxygens (including phenoxy) is 1. The molecule has 0 aliphatic carbocycles. The van der Waals surface area contributed by atoms with Gasteiger partial charge < -0.3 is 4.74 Å². The first-order valence-corrected chi connectivity index (χ1v) is 4.60. The molecule has 0 saturated carbocycles. The normalized spacial score (nSPS) is 19.6. The average molecular weight is 223 g/mol. The predicted octanol–water partition coefficient (Wildman–Crippen LogP) is 0.872. The van der Waals surface area contributed by atoms with E-state index < -0.39 is 11.0 Å². The van der Waals surface area contributed by atoms with E-state index in [2.05, 4.69) is 5.10 Å². The highest BCUT2D eigenvalue weighted by atomic mass is 16.6. The molecular weight excluding hydrogens is 214 g/mol. The van der Waals surface area contributed by atoms with Crippen molar-refractivity contribution >= 4 is 11.5 Å². The van der Waals surface area contributed by atoms with Crippen LogP contribution < -0.4 is 0 Å². The number of nitro groups is 1. The molecule has 1 aromatic rings. The fraction of sp³-hybridized carbons (Fsp3) is 0.333. The molecule has 2 heterocycles. The second-order valence-corrected chi connectivity index (χ2v) is 3.39. The highest BCUT2D eigenvalue weighted by Crippen LogP contribution is 2.31. The molecule has 0 bridgehead atoms. The highest BCUT2D eigenvalue weighted by Gasteiger charge is 2.30. The van der Waals surface area contributed by atoms with Gasteiger partial charge in [0.05, 0.1) is 17.6 Å². The lowest BCUT2D eigenvalue weighted by Gasteiger charge is -2.17. The topological polar surface area (TPSA) is 87.3 Å². The van der Waals surface area contributed by atoms with Gasteiger partial charge in [0, 0.05) is 13.1 Å². The van der Waals surface area contributed by atoms with Crippen LogP contribution in [0.3, 0.4) is 0 Å². The number of hydrogen-bond acceptors (Lipinski definition) is 5. The monoisotopic (exact) mass is 223 g/mol. The summed E-state index contributed by atoms with van der Waals surface area (Å²) >= 11 is 0. The van der Waals surface area contributed by atoms with Crippen LogP contribution in [-0.2, 0) is 16.6 Å². The lowest BCUT2D eigenvalue weighted by atomic mass is 10.1. The average Bonchev–Trinajstić information content (AvgIpc) is 2.60. The van der Waals surface area contributed by atoms with Gasteiger partial charge in [-0.25, -0.2) is 0 Å². The Bertz CT molecular complexity index is 477. The maximum absolute atomic E-state index is 11.2. The van der Waals surface area contributed by atoms with Crippen molar-refractivity contribution in [3.63, 3.8) is 0 Å². The minimum Gasteiger partial charge on any atom is -0.491 e. The van der Waals surface area contributed by atoms with Crippen LogP contribution in [0, 0.1) is 10.1 Å². The Labute approximate surface area is 90.5 Å². The number of rotatable bonds is 2. The molecule has 7 nitrogen and oxygen atoms in total. The highest BCUT2D eigenvalue weighted by molar-refractivity contribution is 5.90. The number of carbonyl (C=O) groups excluding carboxylic acids is 1. The lowest BCUT2D eigenvalue weighted by Crippen LogP contribution is -2.15. The standard InChI is InChI=1S/C9H9N3O4/c1-11-9(7(5-10-11)12(14)15)8-4-6(13)2-3-16-8/h2-3,5,8H,4H2,1H3/t8-/m1/s1. The number of carbonyl (C=O) groups is 1. The summed E-state index contributed by atoms with van der Waals surface area (Å²) in [6.07, 6.45) is 3.18. The smallest absolute Gasteiger partial charge is 0.314 e. The number of aromatic nitrogens is 2. The van der Waals surface area contributed by atoms with E-state index in [0.29, 0.717) is 5.69 Å². The summed E-state index contributed by atoms with van der Waals surface area (Å²) in [6, 6.07) is 0. The first kappa shape index (κ1) is 10.3. The zero-order valence-corrected chi connectivity index (χ0v) is 8.49. The Morgan fingerprint density at radius 3 is 3.06 bits per heavy atom. The van der Waals surface area contributed by atoms with E-state index in [0.717, 1.165) is 6.20 Å². The van der Waals surface area contributed by atoms with Crippen LogP contribution in [0.5, 0.6) is 0 Å². The molecule has 0 amide bonds. The van der Waals surface area contributed by atoms with Crippen LogP contribution in [0.1, 0.15) is 18.2 Å². The van der Waals surface area contributed by atoms with E-state index in [4.69, 9.17) is 4.74 Å². The summed E-state index contributed by atoms with van der Waals surface area (Å²) in [5.74, 6) is -0.119. The Morgan fingerprint density at radius 2 is 2.44 bits per heavy atom. The first-order chi connectivity index (χ1) is 7.59. The van der Waals surface area contributed by atoms with Gasteiger partial charge in [-0.3, -0.25) is 19.6 Å². The summed E-state index contributed by atoms with van der Waals surface area (Å²) in [4.78, 5) is 21.4. The Hall–Kier alpha value is -2.18. The third-order valence-corrected chi connectivity index (χ3v) is 2.35. The van der Waals surface area contributed by atoms with Crippen molar-refractivity contribution < 1.29 is 14.5 Å². The minimum absolute atomic E-state index is 0.0941. The molecular formula is C9H9N3O4. The maximum Gasteiger partial charge on any atom is 0.314 e. The van der Waals surface area contributed by atoms with Crippen LogP contribution in [0.2, 0.25) is 0 Å². The van der Waals surface area contributed by atoms with Crippen LogP contribution in [0.15, 0.2) is 18.5 Å². The van der Waals surface area contributed by atoms with Gasteiger partial charge in [-0.05, 0) is 0 Å². The summed E-state index contributed by atoms with van der Waals surface area (Å²) in [7, 11) is 1.58. The molecule has 0 saturated heterocycles. The third kappa shape index (κ3) is 1.67. The fourth-order valence-corrected chi connectivity index (χ4v) is 1.62. The van der Waals surface area contributed by atoms with E-state index in [9.17, 15) is 14.9 Å². The summed E-state index contributed by atoms with van der Waals surface area (Å²) < 4.78 is 6.55. The van der Waals surface area contributed by atoms with E-state index in [1.54, 1.807) is 7.05 Å². The van der Waals surface area contributed by atoms with E-state index in [1.165, 1.54) is 17.0 Å². The third-order valence-electron chi connectivity index (χ3n) is 2.35. The number of allylic oxidation sites excluding steroid dienone is 1. The van der Waals surface area contributed by atoms with E-state index >= 15 is 0 Å². The van der Waals surface area contributed by atoms with E-state index in [1.807, 2.05) is 0 Å². The van der Waals surface area contributed by atoms with Gasteiger partial charge in [-0.15, -0.1) is 0 Å². The molecule has 1 aliphatic rings. The second kappa shape index (κ2) is 3.76. The molecule has 0 aromatic carbocycles. The molecule has 0 N–H and O–H groups in total. The zero-order chi connectivity index (χ0) is 11.7. The Balaban J connectivity index is 2.39. The van der Waals surface area contributed by atoms with Crippen LogP contribution in [-0.4, -0.2) is 20.5 Å². The van der Waals surface area contributed by atoms with Crippen molar-refractivity contribution in [1.29, 1.82) is 0 Å². The molecule has 84 valence electrons. The molecule has 16 heavy (non-hydrogen) atoms. The molecule has 0 spiro atoms. The summed E-state index contributed by atoms with van der Waals surface area (Å²) in [5, 5.41) is 14.6. The van der Waals surface area contributed by atoms with Gasteiger partial charge >= 0.3 is 5.69 Å². The van der Waals surface area contributed by atoms with Crippen molar-refractivity contribution in [2.75, 3.05) is 0 Å². The van der Waals surface area contributed by atoms with Crippen molar-refractivity contribution in [3.8, 4) is 0 Å². The molecule has 0 radical (unpaired) electrons. The molecule has 7 heteroatoms. The van der Waals surface area contributed by atoms with Gasteiger partial charge in [-0.1, -0.05) is 0 Å². The van der Waals surface area contributed by atoms with E-state index in [-0.39, 0.29) is 17.9 Å². The van der Waals surface area contributed by atoms with Gasteiger partial charge in [0.1, 0.15) is 6.20 Å². The minimum atomic E-state index is -0.634. The van der Waals surface area contributed by atoms with Gasteiger partial charge in [0.15, 0.2) is 17.6 Å². The van der Waals surface area contributed by atoms with Gasteiger partial charge in [-0.2, -0.15) is 5.10 Å². The van der Waals surface area contributed by atoms with Crippen LogP contribution in [0.4, 0.5) is 5.69 Å². The van der Waals surface area contributed by atoms with Crippen molar-refractivity contribution in [1.82, 2.24) is 9.78 Å². The van der Waals surface area contributed by atoms with Crippen LogP contribution in [0.25, 0.3) is 0 Å². The van der Waals surface area contributed by atoms with Crippen molar-refractivity contribution in [2.24, 2.45) is 7.05 Å². The van der Waals surface area contributed by atoms with Crippen molar-refractivity contribution in [3.05, 3.63) is 34.3 Å². The summed E-state index contributed by atoms with van der Waals surface area (Å²) in [6.45, 7) is 0. The SMILES string of the molecule is Cn1ncc([N+](=O)[O-])c1[C@H]1CC(=O)C=CO1. The molecule has 1 aliphatic heterocycles. The first-order valence-electron chi connectivity index (χ1n) is 4.60. The Morgan fingerprint density at radius 1 is 1.69 bits per heavy atom. The van der Waals surface area contributed by atoms with Gasteiger partial charge in [0.2, 0.25) is 0 Å². The predicted molar refractivity (Wildman–Crippen MR) is 52.5 cm³/mol. The maximum atomic E-state index is 11.2. The molecule has 0 fully saturated rings. The van der Waals surface area contributed by atoms with Crippen LogP contribution >= 0.6 is 0 Å². The molecule has 0 unspecified atom stereocenters. The quantitative estimate of drug-likeness (QED) is 0.548. The molecule has 2 rings (SSSR count). The lowest BCUT2D eigenvalue weighted by molar-refractivity contribution is -0.386. The number of nitrogens with zero attached hydrogens (tertiary/aromatic N) is 3. The number of ketones is 1. The zero-order valence-electron chi connectivity index (χ0n) is 8.49. The summed E-state index contributed by atoms with van der Waals surface area (Å²) in [5.41, 5.74) is 0.179. The second-order valence-electron chi connectivity index (χ2n) is 3.39. The van der Waals surface area contributed by atoms with Crippen molar-refractivity contribution in [2.45, 2.75) is 12.5 Å². The largest absolute Gasteiger partial charge is 0.491 e. The van der Waals surface area contributed by atoms with Gasteiger partial charge in [0.25, 0.3) is 0 Å². The molecule has 1 aromatic heterocycles. The molecule has 1 atom stereocenters. The number of aryl methyl sites for hydroxylation is 1.